The van der Waals surface area contributed by atoms with Gasteiger partial charge in [-0.1, -0.05) is 37.3 Å². The van der Waals surface area contributed by atoms with Crippen LogP contribution >= 0.6 is 11.8 Å². The van der Waals surface area contributed by atoms with Crippen LogP contribution in [0.4, 0.5) is 5.69 Å². The van der Waals surface area contributed by atoms with Crippen molar-refractivity contribution < 1.29 is 18.0 Å². The lowest BCUT2D eigenvalue weighted by atomic mass is 10.2. The van der Waals surface area contributed by atoms with Crippen molar-refractivity contribution in [2.75, 3.05) is 11.1 Å². The van der Waals surface area contributed by atoms with Crippen LogP contribution in [0.5, 0.6) is 0 Å². The Morgan fingerprint density at radius 3 is 2.64 bits per heavy atom. The summed E-state index contributed by atoms with van der Waals surface area (Å²) in [5.74, 6) is -1.47. The zero-order valence-corrected chi connectivity index (χ0v) is 17.3. The fourth-order valence-electron chi connectivity index (χ4n) is 2.84. The molecule has 1 heterocycles. The molecule has 1 aliphatic heterocycles. The maximum atomic E-state index is 12.8. The molecule has 28 heavy (non-hydrogen) atoms. The number of amides is 2. The fraction of sp³-hybridized carbons (Fsp3) is 0.300. The average Bonchev–Trinajstić information content (AvgIpc) is 2.67. The van der Waals surface area contributed by atoms with E-state index >= 15 is 0 Å². The third-order valence-electron chi connectivity index (χ3n) is 4.47. The van der Waals surface area contributed by atoms with Gasteiger partial charge in [0.2, 0.25) is 11.8 Å². The maximum Gasteiger partial charge on any atom is 0.237 e. The van der Waals surface area contributed by atoms with Crippen molar-refractivity contribution in [2.24, 2.45) is 5.92 Å². The van der Waals surface area contributed by atoms with Crippen molar-refractivity contribution in [1.82, 2.24) is 5.32 Å². The van der Waals surface area contributed by atoms with Crippen LogP contribution in [-0.2, 0) is 26.0 Å². The summed E-state index contributed by atoms with van der Waals surface area (Å²) in [6, 6.07) is 14.1. The fourth-order valence-corrected chi connectivity index (χ4v) is 5.35. The summed E-state index contributed by atoms with van der Waals surface area (Å²) in [5, 5.41) is 5.28. The molecule has 8 heteroatoms. The number of carbonyl (C=O) groups is 2. The lowest BCUT2D eigenvalue weighted by molar-refractivity contribution is -0.124. The number of benzene rings is 2. The second-order valence-corrected chi connectivity index (χ2v) is 10.2. The molecule has 2 aromatic carbocycles. The first-order valence-electron chi connectivity index (χ1n) is 8.92. The zero-order valence-electron chi connectivity index (χ0n) is 15.6. The predicted octanol–water partition coefficient (Wildman–Crippen LogP) is 2.85. The Morgan fingerprint density at radius 2 is 1.93 bits per heavy atom. The highest BCUT2D eigenvalue weighted by atomic mass is 32.2. The SMILES string of the molecule is C[C@H](CS(=O)(=O)c1ccc2c(c1)NC(=O)[C@@H](C)S2)C(=O)NCc1ccccc1. The molecule has 2 atom stereocenters. The summed E-state index contributed by atoms with van der Waals surface area (Å²) in [6.07, 6.45) is 0. The average molecular weight is 419 g/mol. The van der Waals surface area contributed by atoms with Crippen molar-refractivity contribution in [3.05, 3.63) is 54.1 Å². The van der Waals surface area contributed by atoms with E-state index in [0.717, 1.165) is 10.5 Å². The molecule has 0 fully saturated rings. The molecule has 148 valence electrons. The molecule has 2 N–H and O–H groups in total. The second-order valence-electron chi connectivity index (χ2n) is 6.79. The van der Waals surface area contributed by atoms with Crippen molar-refractivity contribution >= 4 is 39.1 Å². The summed E-state index contributed by atoms with van der Waals surface area (Å²) in [4.78, 5) is 25.1. The first-order valence-corrected chi connectivity index (χ1v) is 11.5. The van der Waals surface area contributed by atoms with Gasteiger partial charge in [-0.15, -0.1) is 11.8 Å². The Morgan fingerprint density at radius 1 is 1.21 bits per heavy atom. The van der Waals surface area contributed by atoms with Crippen LogP contribution in [0.1, 0.15) is 19.4 Å². The number of hydrogen-bond acceptors (Lipinski definition) is 5. The van der Waals surface area contributed by atoms with Crippen molar-refractivity contribution in [3.63, 3.8) is 0 Å². The summed E-state index contributed by atoms with van der Waals surface area (Å²) in [5.41, 5.74) is 1.44. The highest BCUT2D eigenvalue weighted by Gasteiger charge is 2.27. The Bertz CT molecular complexity index is 991. The van der Waals surface area contributed by atoms with Gasteiger partial charge in [-0.05, 0) is 30.7 Å². The highest BCUT2D eigenvalue weighted by molar-refractivity contribution is 8.01. The van der Waals surface area contributed by atoms with Gasteiger partial charge in [0.25, 0.3) is 0 Å². The first-order chi connectivity index (χ1) is 13.3. The van der Waals surface area contributed by atoms with Crippen molar-refractivity contribution in [1.29, 1.82) is 0 Å². The van der Waals surface area contributed by atoms with E-state index in [-0.39, 0.29) is 27.7 Å². The van der Waals surface area contributed by atoms with Crippen LogP contribution in [0.3, 0.4) is 0 Å². The molecule has 3 rings (SSSR count). The number of anilines is 1. The van der Waals surface area contributed by atoms with E-state index < -0.39 is 15.8 Å². The molecule has 6 nitrogen and oxygen atoms in total. The van der Waals surface area contributed by atoms with Crippen LogP contribution in [0.15, 0.2) is 58.3 Å². The first kappa shape index (κ1) is 20.4. The molecular formula is C20H22N2O4S2. The van der Waals surface area contributed by atoms with E-state index in [1.54, 1.807) is 19.9 Å². The minimum absolute atomic E-state index is 0.101. The Kier molecular flexibility index (Phi) is 6.10. The second kappa shape index (κ2) is 8.36. The van der Waals surface area contributed by atoms with Gasteiger partial charge in [-0.25, -0.2) is 8.42 Å². The minimum Gasteiger partial charge on any atom is -0.352 e. The third-order valence-corrected chi connectivity index (χ3v) is 7.56. The molecule has 0 saturated heterocycles. The topological polar surface area (TPSA) is 92.3 Å². The van der Waals surface area contributed by atoms with Gasteiger partial charge in [0.05, 0.1) is 21.6 Å². The maximum absolute atomic E-state index is 12.8. The number of thioether (sulfide) groups is 1. The van der Waals surface area contributed by atoms with Crippen molar-refractivity contribution in [3.8, 4) is 0 Å². The molecule has 0 bridgehead atoms. The molecule has 1 aliphatic rings. The molecule has 0 aliphatic carbocycles. The van der Waals surface area contributed by atoms with E-state index in [0.29, 0.717) is 12.2 Å². The highest BCUT2D eigenvalue weighted by Crippen LogP contribution is 2.37. The van der Waals surface area contributed by atoms with Gasteiger partial charge in [-0.2, -0.15) is 0 Å². The van der Waals surface area contributed by atoms with E-state index in [4.69, 9.17) is 0 Å². The molecule has 2 amide bonds. The zero-order chi connectivity index (χ0) is 20.3. The van der Waals surface area contributed by atoms with E-state index in [1.165, 1.54) is 23.9 Å². The molecular weight excluding hydrogens is 396 g/mol. The summed E-state index contributed by atoms with van der Waals surface area (Å²) < 4.78 is 25.5. The Labute approximate surface area is 169 Å². The van der Waals surface area contributed by atoms with Gasteiger partial charge in [-0.3, -0.25) is 9.59 Å². The van der Waals surface area contributed by atoms with Crippen LogP contribution in [0.25, 0.3) is 0 Å². The largest absolute Gasteiger partial charge is 0.352 e. The normalized spacial score (nSPS) is 17.4. The lowest BCUT2D eigenvalue weighted by Gasteiger charge is -2.22. The molecule has 0 radical (unpaired) electrons. The van der Waals surface area contributed by atoms with E-state index in [9.17, 15) is 18.0 Å². The number of sulfone groups is 1. The minimum atomic E-state index is -3.67. The molecule has 0 aromatic heterocycles. The van der Waals surface area contributed by atoms with E-state index in [1.807, 2.05) is 30.3 Å². The summed E-state index contributed by atoms with van der Waals surface area (Å²) >= 11 is 1.39. The molecule has 0 unspecified atom stereocenters. The summed E-state index contributed by atoms with van der Waals surface area (Å²) in [6.45, 7) is 3.74. The van der Waals surface area contributed by atoms with Crippen LogP contribution < -0.4 is 10.6 Å². The lowest BCUT2D eigenvalue weighted by Crippen LogP contribution is -2.32. The van der Waals surface area contributed by atoms with Gasteiger partial charge in [0.1, 0.15) is 0 Å². The number of rotatable bonds is 6. The van der Waals surface area contributed by atoms with Crippen molar-refractivity contribution in [2.45, 2.75) is 35.4 Å². The smallest absolute Gasteiger partial charge is 0.237 e. The predicted molar refractivity (Wildman–Crippen MR) is 110 cm³/mol. The van der Waals surface area contributed by atoms with Crippen LogP contribution in [0.2, 0.25) is 0 Å². The van der Waals surface area contributed by atoms with Gasteiger partial charge in [0.15, 0.2) is 9.84 Å². The third kappa shape index (κ3) is 4.74. The molecule has 0 spiro atoms. The Hall–Kier alpha value is -2.32. The number of hydrogen-bond donors (Lipinski definition) is 2. The monoisotopic (exact) mass is 418 g/mol. The summed E-state index contributed by atoms with van der Waals surface area (Å²) in [7, 11) is -3.67. The Balaban J connectivity index is 1.67. The standard InChI is InChI=1S/C20H22N2O4S2/c1-13(19(23)21-11-15-6-4-3-5-7-15)12-28(25,26)16-8-9-18-17(10-16)22-20(24)14(2)27-18/h3-10,13-14H,11-12H2,1-2H3,(H,21,23)(H,22,24)/t13-,14-/m1/s1. The molecule has 2 aromatic rings. The van der Waals surface area contributed by atoms with E-state index in [2.05, 4.69) is 10.6 Å². The number of nitrogens with one attached hydrogen (secondary N) is 2. The van der Waals surface area contributed by atoms with Crippen LogP contribution in [0, 0.1) is 5.92 Å². The van der Waals surface area contributed by atoms with Gasteiger partial charge in [0, 0.05) is 17.4 Å². The quantitative estimate of drug-likeness (QED) is 0.753. The molecule has 0 saturated carbocycles. The number of fused-ring (bicyclic) bond motifs is 1. The van der Waals surface area contributed by atoms with Gasteiger partial charge >= 0.3 is 0 Å². The number of carbonyl (C=O) groups excluding carboxylic acids is 2. The van der Waals surface area contributed by atoms with Crippen LogP contribution in [-0.4, -0.2) is 31.2 Å². The van der Waals surface area contributed by atoms with Gasteiger partial charge < -0.3 is 10.6 Å².